The van der Waals surface area contributed by atoms with Gasteiger partial charge in [0, 0.05) is 38.1 Å². The largest absolute Gasteiger partial charge is 0.354 e. The van der Waals surface area contributed by atoms with E-state index >= 15 is 0 Å². The third-order valence-electron chi connectivity index (χ3n) is 6.26. The molecule has 1 aromatic heterocycles. The van der Waals surface area contributed by atoms with Gasteiger partial charge in [0.1, 0.15) is 0 Å². The van der Waals surface area contributed by atoms with Crippen LogP contribution in [0.2, 0.25) is 0 Å². The van der Waals surface area contributed by atoms with Crippen molar-refractivity contribution in [1.82, 2.24) is 14.8 Å². The molecule has 172 valence electrons. The molecule has 5 rings (SSSR count). The average molecular weight is 465 g/mol. The van der Waals surface area contributed by atoms with Crippen molar-refractivity contribution in [3.8, 4) is 0 Å². The minimum atomic E-state index is -3.53. The fourth-order valence-corrected chi connectivity index (χ4v) is 5.76. The van der Waals surface area contributed by atoms with Gasteiger partial charge in [0.05, 0.1) is 10.3 Å². The molecule has 1 N–H and O–H groups in total. The van der Waals surface area contributed by atoms with Crippen LogP contribution in [0.15, 0.2) is 76.1 Å². The molecule has 0 bridgehead atoms. The van der Waals surface area contributed by atoms with Gasteiger partial charge < -0.3 is 9.42 Å². The molecule has 0 aliphatic carbocycles. The lowest BCUT2D eigenvalue weighted by Gasteiger charge is -2.34. The number of nitrogens with one attached hydrogen (secondary N) is 1. The van der Waals surface area contributed by atoms with Gasteiger partial charge in [-0.05, 0) is 43.0 Å². The quantitative estimate of drug-likeness (QED) is 0.399. The van der Waals surface area contributed by atoms with Crippen molar-refractivity contribution in [2.24, 2.45) is 0 Å². The molecule has 8 heteroatoms. The van der Waals surface area contributed by atoms with Crippen LogP contribution < -0.4 is 9.62 Å². The molecule has 0 saturated carbocycles. The minimum absolute atomic E-state index is 0.345. The van der Waals surface area contributed by atoms with Crippen molar-refractivity contribution in [1.29, 1.82) is 0 Å². The van der Waals surface area contributed by atoms with Gasteiger partial charge in [0.15, 0.2) is 11.4 Å². The first kappa shape index (κ1) is 21.9. The Labute approximate surface area is 194 Å². The summed E-state index contributed by atoms with van der Waals surface area (Å²) in [6.07, 6.45) is 1.75. The van der Waals surface area contributed by atoms with E-state index < -0.39 is 10.0 Å². The number of sulfonamides is 1. The fraction of sp³-hybridized carbons (Fsp3) is 0.320. The zero-order chi connectivity index (χ0) is 22.7. The van der Waals surface area contributed by atoms with Gasteiger partial charge in [-0.15, -0.1) is 0 Å². The van der Waals surface area contributed by atoms with E-state index in [4.69, 9.17) is 4.52 Å². The molecule has 2 heterocycles. The lowest BCUT2D eigenvalue weighted by Crippen LogP contribution is -2.46. The van der Waals surface area contributed by atoms with Gasteiger partial charge in [-0.3, -0.25) is 4.90 Å². The smallest absolute Gasteiger partial charge is 0.241 e. The zero-order valence-electron chi connectivity index (χ0n) is 18.5. The van der Waals surface area contributed by atoms with Crippen LogP contribution in [0, 0.1) is 0 Å². The van der Waals surface area contributed by atoms with Crippen molar-refractivity contribution >= 4 is 37.6 Å². The number of para-hydroxylation sites is 1. The van der Waals surface area contributed by atoms with Gasteiger partial charge >= 0.3 is 0 Å². The third kappa shape index (κ3) is 4.73. The predicted molar refractivity (Wildman–Crippen MR) is 131 cm³/mol. The maximum absolute atomic E-state index is 12.8. The maximum Gasteiger partial charge on any atom is 0.241 e. The molecular formula is C25H28N4O3S. The number of piperazine rings is 1. The third-order valence-corrected chi connectivity index (χ3v) is 7.78. The Bertz CT molecular complexity index is 1340. The Balaban J connectivity index is 1.08. The molecule has 7 nitrogen and oxygen atoms in total. The summed E-state index contributed by atoms with van der Waals surface area (Å²) in [5.41, 5.74) is 0.820. The zero-order valence-corrected chi connectivity index (χ0v) is 19.3. The van der Waals surface area contributed by atoms with Crippen molar-refractivity contribution in [2.45, 2.75) is 17.7 Å². The van der Waals surface area contributed by atoms with Crippen LogP contribution in [0.1, 0.15) is 12.8 Å². The van der Waals surface area contributed by atoms with Crippen molar-refractivity contribution in [3.05, 3.63) is 66.7 Å². The molecule has 0 radical (unpaired) electrons. The molecule has 33 heavy (non-hydrogen) atoms. The molecule has 0 atom stereocenters. The number of benzene rings is 3. The van der Waals surface area contributed by atoms with E-state index in [1.165, 1.54) is 0 Å². The van der Waals surface area contributed by atoms with Gasteiger partial charge in [0.2, 0.25) is 10.0 Å². The lowest BCUT2D eigenvalue weighted by molar-refractivity contribution is 0.252. The number of unbranched alkanes of at least 4 members (excludes halogenated alkanes) is 1. The van der Waals surface area contributed by atoms with Crippen LogP contribution >= 0.6 is 0 Å². The highest BCUT2D eigenvalue weighted by Gasteiger charge is 2.21. The Morgan fingerprint density at radius 2 is 1.58 bits per heavy atom. The number of anilines is 1. The van der Waals surface area contributed by atoms with E-state index in [0.29, 0.717) is 11.4 Å². The first-order valence-electron chi connectivity index (χ1n) is 11.4. The van der Waals surface area contributed by atoms with Crippen LogP contribution in [0.5, 0.6) is 0 Å². The summed E-state index contributed by atoms with van der Waals surface area (Å²) in [7, 11) is -3.53. The minimum Gasteiger partial charge on any atom is -0.354 e. The molecule has 1 saturated heterocycles. The summed E-state index contributed by atoms with van der Waals surface area (Å²) in [4.78, 5) is 5.05. The summed E-state index contributed by atoms with van der Waals surface area (Å²) in [6, 6.07) is 20.9. The Morgan fingerprint density at radius 1 is 0.848 bits per heavy atom. The van der Waals surface area contributed by atoms with Crippen LogP contribution in [-0.4, -0.2) is 57.7 Å². The number of fused-ring (bicyclic) bond motifs is 2. The Hall–Kier alpha value is -2.94. The fourth-order valence-electron chi connectivity index (χ4n) is 4.46. The molecule has 1 aliphatic heterocycles. The Morgan fingerprint density at radius 3 is 2.42 bits per heavy atom. The number of rotatable bonds is 8. The maximum atomic E-state index is 12.8. The summed E-state index contributed by atoms with van der Waals surface area (Å²) in [5.74, 6) is 0.924. The van der Waals surface area contributed by atoms with Crippen molar-refractivity contribution in [2.75, 3.05) is 44.2 Å². The van der Waals surface area contributed by atoms with Gasteiger partial charge in [-0.25, -0.2) is 13.1 Å². The van der Waals surface area contributed by atoms with Crippen LogP contribution in [0.4, 0.5) is 5.82 Å². The molecule has 0 amide bonds. The Kier molecular flexibility index (Phi) is 6.30. The standard InChI is InChI=1S/C25H28N4O3S/c30-33(31,24-13-7-9-20-8-1-2-10-21(20)24)26-14-5-6-15-28-16-18-29(19-17-28)25-22-11-3-4-12-23(22)32-27-25/h1-4,7-13,26H,5-6,14-19H2. The summed E-state index contributed by atoms with van der Waals surface area (Å²) in [6.45, 7) is 5.14. The molecule has 0 unspecified atom stereocenters. The number of aromatic nitrogens is 1. The molecule has 3 aromatic carbocycles. The van der Waals surface area contributed by atoms with Crippen LogP contribution in [-0.2, 0) is 10.0 Å². The van der Waals surface area contributed by atoms with Crippen molar-refractivity contribution < 1.29 is 12.9 Å². The van der Waals surface area contributed by atoms with E-state index in [9.17, 15) is 8.42 Å². The average Bonchev–Trinajstić information content (AvgIpc) is 3.28. The predicted octanol–water partition coefficient (Wildman–Crippen LogP) is 3.86. The van der Waals surface area contributed by atoms with Gasteiger partial charge in [-0.2, -0.15) is 0 Å². The first-order chi connectivity index (χ1) is 16.1. The summed E-state index contributed by atoms with van der Waals surface area (Å²) < 4.78 is 33.8. The first-order valence-corrected chi connectivity index (χ1v) is 12.9. The van der Waals surface area contributed by atoms with E-state index in [0.717, 1.165) is 73.1 Å². The van der Waals surface area contributed by atoms with E-state index in [1.807, 2.05) is 54.6 Å². The number of nitrogens with zero attached hydrogens (tertiary/aromatic N) is 3. The SMILES string of the molecule is O=S(=O)(NCCCCN1CCN(c2noc3ccccc23)CC1)c1cccc2ccccc12. The molecule has 1 fully saturated rings. The topological polar surface area (TPSA) is 78.7 Å². The van der Waals surface area contributed by atoms with Crippen LogP contribution in [0.25, 0.3) is 21.7 Å². The lowest BCUT2D eigenvalue weighted by atomic mass is 10.1. The normalized spacial score (nSPS) is 15.5. The molecule has 0 spiro atoms. The number of hydrogen-bond acceptors (Lipinski definition) is 6. The second kappa shape index (κ2) is 9.51. The highest BCUT2D eigenvalue weighted by molar-refractivity contribution is 7.89. The van der Waals surface area contributed by atoms with Gasteiger partial charge in [0.25, 0.3) is 0 Å². The van der Waals surface area contributed by atoms with Gasteiger partial charge in [-0.1, -0.05) is 53.7 Å². The van der Waals surface area contributed by atoms with E-state index in [1.54, 1.807) is 12.1 Å². The second-order valence-electron chi connectivity index (χ2n) is 8.41. The van der Waals surface area contributed by atoms with E-state index in [-0.39, 0.29) is 0 Å². The summed E-state index contributed by atoms with van der Waals surface area (Å²) >= 11 is 0. The molecule has 4 aromatic rings. The van der Waals surface area contributed by atoms with E-state index in [2.05, 4.69) is 19.7 Å². The monoisotopic (exact) mass is 464 g/mol. The molecule has 1 aliphatic rings. The number of hydrogen-bond donors (Lipinski definition) is 1. The molecular weight excluding hydrogens is 436 g/mol. The van der Waals surface area contributed by atoms with Crippen molar-refractivity contribution in [3.63, 3.8) is 0 Å². The highest BCUT2D eigenvalue weighted by atomic mass is 32.2. The second-order valence-corrected chi connectivity index (χ2v) is 10.1. The summed E-state index contributed by atoms with van der Waals surface area (Å²) in [5, 5.41) is 7.01. The highest BCUT2D eigenvalue weighted by Crippen LogP contribution is 2.26. The van der Waals surface area contributed by atoms with Crippen LogP contribution in [0.3, 0.4) is 0 Å².